The summed E-state index contributed by atoms with van der Waals surface area (Å²) in [7, 11) is 0. The highest BCUT2D eigenvalue weighted by atomic mass is 32.2. The highest BCUT2D eigenvalue weighted by Crippen LogP contribution is 2.42. The molecule has 0 radical (unpaired) electrons. The fraction of sp³-hybridized carbons (Fsp3) is 0.267. The number of benzene rings is 3. The van der Waals surface area contributed by atoms with Gasteiger partial charge in [0.1, 0.15) is 18.2 Å². The number of nitrogens with zero attached hydrogens (tertiary/aromatic N) is 3. The van der Waals surface area contributed by atoms with Crippen LogP contribution >= 0.6 is 11.8 Å². The van der Waals surface area contributed by atoms with Crippen molar-refractivity contribution >= 4 is 41.0 Å². The van der Waals surface area contributed by atoms with E-state index in [1.807, 2.05) is 36.4 Å². The summed E-state index contributed by atoms with van der Waals surface area (Å²) in [5.74, 6) is -1.18. The standard InChI is InChI=1S/C30H30F2N4O2S/c31-23-9-2-1-8-22(23)20-28-30(38)36(26-12-5-6-13-27(26)39-28)21-29(37)33-14-7-15-34-16-18-35(19-17-34)25-11-4-3-10-24(25)32/h1-6,8-13,20H,7,14-19,21H2,(H,33,37)/b28-20-. The van der Waals surface area contributed by atoms with Gasteiger partial charge in [-0.25, -0.2) is 8.78 Å². The van der Waals surface area contributed by atoms with Crippen molar-refractivity contribution in [3.05, 3.63) is 94.9 Å². The van der Waals surface area contributed by atoms with E-state index < -0.39 is 5.82 Å². The van der Waals surface area contributed by atoms with Crippen LogP contribution in [0.15, 0.2) is 82.6 Å². The molecule has 0 aromatic heterocycles. The Labute approximate surface area is 231 Å². The maximum absolute atomic E-state index is 14.2. The average molecular weight is 549 g/mol. The number of thioether (sulfide) groups is 1. The van der Waals surface area contributed by atoms with E-state index in [9.17, 15) is 18.4 Å². The molecule has 2 aliphatic heterocycles. The van der Waals surface area contributed by atoms with E-state index in [1.165, 1.54) is 34.9 Å². The highest BCUT2D eigenvalue weighted by molar-refractivity contribution is 8.04. The van der Waals surface area contributed by atoms with E-state index >= 15 is 0 Å². The van der Waals surface area contributed by atoms with Crippen LogP contribution in [0.25, 0.3) is 6.08 Å². The van der Waals surface area contributed by atoms with Gasteiger partial charge in [0.25, 0.3) is 5.91 Å². The largest absolute Gasteiger partial charge is 0.367 e. The molecule has 39 heavy (non-hydrogen) atoms. The molecule has 0 aliphatic carbocycles. The third-order valence-electron chi connectivity index (χ3n) is 6.86. The van der Waals surface area contributed by atoms with Crippen LogP contribution in [0.4, 0.5) is 20.2 Å². The second-order valence-corrected chi connectivity index (χ2v) is 10.6. The smallest absolute Gasteiger partial charge is 0.265 e. The third-order valence-corrected chi connectivity index (χ3v) is 7.94. The molecule has 2 amide bonds. The van der Waals surface area contributed by atoms with Gasteiger partial charge in [-0.15, -0.1) is 0 Å². The monoisotopic (exact) mass is 548 g/mol. The van der Waals surface area contributed by atoms with Gasteiger partial charge >= 0.3 is 0 Å². The van der Waals surface area contributed by atoms with Crippen LogP contribution in [0, 0.1) is 11.6 Å². The quantitative estimate of drug-likeness (QED) is 0.325. The number of para-hydroxylation sites is 2. The molecule has 1 saturated heterocycles. The first-order valence-corrected chi connectivity index (χ1v) is 13.8. The highest BCUT2D eigenvalue weighted by Gasteiger charge is 2.30. The lowest BCUT2D eigenvalue weighted by molar-refractivity contribution is -0.122. The molecule has 0 spiro atoms. The summed E-state index contributed by atoms with van der Waals surface area (Å²) in [6.45, 7) is 4.36. The molecule has 3 aromatic rings. The Bertz CT molecular complexity index is 1370. The summed E-state index contributed by atoms with van der Waals surface area (Å²) in [4.78, 5) is 33.2. The minimum absolute atomic E-state index is 0.119. The van der Waals surface area contributed by atoms with Gasteiger partial charge in [-0.05, 0) is 49.4 Å². The zero-order valence-corrected chi connectivity index (χ0v) is 22.3. The first-order valence-electron chi connectivity index (χ1n) is 13.0. The Morgan fingerprint density at radius 2 is 1.54 bits per heavy atom. The topological polar surface area (TPSA) is 55.9 Å². The Morgan fingerprint density at radius 3 is 2.28 bits per heavy atom. The van der Waals surface area contributed by atoms with E-state index in [2.05, 4.69) is 15.1 Å². The van der Waals surface area contributed by atoms with Crippen molar-refractivity contribution in [3.63, 3.8) is 0 Å². The lowest BCUT2D eigenvalue weighted by atomic mass is 10.2. The van der Waals surface area contributed by atoms with Gasteiger partial charge in [0.2, 0.25) is 5.91 Å². The lowest BCUT2D eigenvalue weighted by Gasteiger charge is -2.36. The minimum atomic E-state index is -0.407. The molecular formula is C30H30F2N4O2S. The summed E-state index contributed by atoms with van der Waals surface area (Å²) < 4.78 is 28.3. The molecule has 2 heterocycles. The molecular weight excluding hydrogens is 518 g/mol. The predicted molar refractivity (Wildman–Crippen MR) is 152 cm³/mol. The number of hydrogen-bond donors (Lipinski definition) is 1. The lowest BCUT2D eigenvalue weighted by Crippen LogP contribution is -2.47. The van der Waals surface area contributed by atoms with E-state index in [4.69, 9.17) is 0 Å². The van der Waals surface area contributed by atoms with Crippen LogP contribution < -0.4 is 15.1 Å². The van der Waals surface area contributed by atoms with Crippen molar-refractivity contribution in [1.29, 1.82) is 0 Å². The molecule has 0 atom stereocenters. The molecule has 5 rings (SSSR count). The van der Waals surface area contributed by atoms with Crippen LogP contribution in [0.2, 0.25) is 0 Å². The molecule has 9 heteroatoms. The molecule has 6 nitrogen and oxygen atoms in total. The second-order valence-electron chi connectivity index (χ2n) is 9.47. The predicted octanol–water partition coefficient (Wildman–Crippen LogP) is 4.77. The van der Waals surface area contributed by atoms with Crippen molar-refractivity contribution in [2.24, 2.45) is 0 Å². The molecule has 0 bridgehead atoms. The van der Waals surface area contributed by atoms with Crippen LogP contribution in [-0.2, 0) is 9.59 Å². The van der Waals surface area contributed by atoms with Gasteiger partial charge in [0.05, 0.1) is 16.3 Å². The summed E-state index contributed by atoms with van der Waals surface area (Å²) in [5.41, 5.74) is 1.64. The van der Waals surface area contributed by atoms with Gasteiger partial charge in [-0.3, -0.25) is 19.4 Å². The fourth-order valence-electron chi connectivity index (χ4n) is 4.80. The van der Waals surface area contributed by atoms with Crippen LogP contribution in [0.1, 0.15) is 12.0 Å². The molecule has 2 aliphatic rings. The van der Waals surface area contributed by atoms with Gasteiger partial charge in [0.15, 0.2) is 0 Å². The molecule has 1 fully saturated rings. The first-order chi connectivity index (χ1) is 19.0. The van der Waals surface area contributed by atoms with Gasteiger partial charge < -0.3 is 10.2 Å². The van der Waals surface area contributed by atoms with E-state index in [0.29, 0.717) is 28.4 Å². The molecule has 3 aromatic carbocycles. The summed E-state index contributed by atoms with van der Waals surface area (Å²) in [6, 6.07) is 20.5. The summed E-state index contributed by atoms with van der Waals surface area (Å²) in [5, 5.41) is 2.93. The number of fused-ring (bicyclic) bond motifs is 1. The van der Waals surface area contributed by atoms with Crippen molar-refractivity contribution in [3.8, 4) is 0 Å². The second kappa shape index (κ2) is 12.4. The van der Waals surface area contributed by atoms with E-state index in [1.54, 1.807) is 24.3 Å². The van der Waals surface area contributed by atoms with Crippen LogP contribution in [-0.4, -0.2) is 62.5 Å². The van der Waals surface area contributed by atoms with Crippen molar-refractivity contribution in [2.75, 3.05) is 55.6 Å². The Kier molecular flexibility index (Phi) is 8.58. The number of rotatable bonds is 8. The van der Waals surface area contributed by atoms with Gasteiger partial charge in [-0.2, -0.15) is 0 Å². The zero-order valence-electron chi connectivity index (χ0n) is 21.5. The number of hydrogen-bond acceptors (Lipinski definition) is 5. The van der Waals surface area contributed by atoms with E-state index in [0.717, 1.165) is 44.0 Å². The van der Waals surface area contributed by atoms with E-state index in [-0.39, 0.29) is 24.2 Å². The Morgan fingerprint density at radius 1 is 0.872 bits per heavy atom. The number of carbonyl (C=O) groups is 2. The Balaban J connectivity index is 1.13. The maximum atomic E-state index is 14.2. The number of piperazine rings is 1. The van der Waals surface area contributed by atoms with Crippen LogP contribution in [0.3, 0.4) is 0 Å². The normalized spacial score (nSPS) is 16.9. The number of carbonyl (C=O) groups excluding carboxylic acids is 2. The number of nitrogens with one attached hydrogen (secondary N) is 1. The summed E-state index contributed by atoms with van der Waals surface area (Å²) in [6.07, 6.45) is 2.30. The van der Waals surface area contributed by atoms with Crippen molar-refractivity contribution < 1.29 is 18.4 Å². The SMILES string of the molecule is O=C(CN1C(=O)/C(=C/c2ccccc2F)Sc2ccccc21)NCCCN1CCN(c2ccccc2F)CC1. The molecule has 0 unspecified atom stereocenters. The minimum Gasteiger partial charge on any atom is -0.367 e. The number of amides is 2. The molecule has 202 valence electrons. The van der Waals surface area contributed by atoms with Crippen molar-refractivity contribution in [2.45, 2.75) is 11.3 Å². The van der Waals surface area contributed by atoms with Gasteiger partial charge in [0, 0.05) is 43.2 Å². The Hall–Kier alpha value is -3.69. The third kappa shape index (κ3) is 6.49. The average Bonchev–Trinajstić information content (AvgIpc) is 2.95. The first kappa shape index (κ1) is 26.9. The zero-order chi connectivity index (χ0) is 27.2. The number of anilines is 2. The van der Waals surface area contributed by atoms with Crippen molar-refractivity contribution in [1.82, 2.24) is 10.2 Å². The maximum Gasteiger partial charge on any atom is 0.265 e. The molecule has 1 N–H and O–H groups in total. The van der Waals surface area contributed by atoms with Crippen LogP contribution in [0.5, 0.6) is 0 Å². The number of halogens is 2. The summed E-state index contributed by atoms with van der Waals surface area (Å²) >= 11 is 1.28. The molecule has 0 saturated carbocycles. The fourth-order valence-corrected chi connectivity index (χ4v) is 5.85. The van der Waals surface area contributed by atoms with Gasteiger partial charge in [-0.1, -0.05) is 54.2 Å².